The molecule has 1 unspecified atom stereocenters. The third kappa shape index (κ3) is 3.71. The minimum atomic E-state index is 0.106. The molecule has 27 heavy (non-hydrogen) atoms. The lowest BCUT2D eigenvalue weighted by molar-refractivity contribution is -0.132. The van der Waals surface area contributed by atoms with Gasteiger partial charge in [0, 0.05) is 11.6 Å². The predicted molar refractivity (Wildman–Crippen MR) is 112 cm³/mol. The summed E-state index contributed by atoms with van der Waals surface area (Å²) < 4.78 is 2.07. The standard InChI is InChI=1S/C21H22ClN3OS/c1-27-14-20-23-17-8-2-3-9-19(17)25(20)13-21(26)24-11-5-10-18(24)15-6-4-7-16(22)12-15/h2-4,6-9,12,18H,5,10-11,13-14H2,1H3. The van der Waals surface area contributed by atoms with Crippen molar-refractivity contribution in [1.29, 1.82) is 0 Å². The first kappa shape index (κ1) is 18.4. The molecule has 3 aromatic rings. The second-order valence-electron chi connectivity index (χ2n) is 6.84. The number of fused-ring (bicyclic) bond motifs is 1. The molecule has 1 aromatic heterocycles. The molecule has 4 nitrogen and oxygen atoms in total. The van der Waals surface area contributed by atoms with Crippen LogP contribution in [0.15, 0.2) is 48.5 Å². The van der Waals surface area contributed by atoms with Crippen molar-refractivity contribution in [2.45, 2.75) is 31.2 Å². The zero-order valence-corrected chi connectivity index (χ0v) is 16.8. The Bertz CT molecular complexity index is 971. The maximum absolute atomic E-state index is 13.2. The van der Waals surface area contributed by atoms with Gasteiger partial charge in [-0.3, -0.25) is 4.79 Å². The third-order valence-electron chi connectivity index (χ3n) is 5.11. The molecule has 140 valence electrons. The number of benzene rings is 2. The summed E-state index contributed by atoms with van der Waals surface area (Å²) in [6, 6.07) is 16.0. The molecular formula is C21H22ClN3OS. The van der Waals surface area contributed by atoms with Gasteiger partial charge in [-0.1, -0.05) is 35.9 Å². The Hall–Kier alpha value is -1.98. The van der Waals surface area contributed by atoms with Crippen LogP contribution in [0.5, 0.6) is 0 Å². The van der Waals surface area contributed by atoms with Crippen molar-refractivity contribution >= 4 is 40.3 Å². The van der Waals surface area contributed by atoms with E-state index in [9.17, 15) is 4.79 Å². The lowest BCUT2D eigenvalue weighted by Crippen LogP contribution is -2.33. The summed E-state index contributed by atoms with van der Waals surface area (Å²) in [6.07, 6.45) is 4.06. The average molecular weight is 400 g/mol. The molecule has 1 saturated heterocycles. The number of aromatic nitrogens is 2. The van der Waals surface area contributed by atoms with Crippen LogP contribution in [0.25, 0.3) is 11.0 Å². The van der Waals surface area contributed by atoms with Crippen LogP contribution in [0.3, 0.4) is 0 Å². The van der Waals surface area contributed by atoms with Gasteiger partial charge in [-0.05, 0) is 48.9 Å². The van der Waals surface area contributed by atoms with Gasteiger partial charge in [-0.15, -0.1) is 0 Å². The topological polar surface area (TPSA) is 38.1 Å². The predicted octanol–water partition coefficient (Wildman–Crippen LogP) is 4.92. The molecule has 1 aliphatic rings. The van der Waals surface area contributed by atoms with E-state index in [1.807, 2.05) is 47.4 Å². The first-order chi connectivity index (χ1) is 13.2. The van der Waals surface area contributed by atoms with Gasteiger partial charge in [0.05, 0.1) is 22.8 Å². The van der Waals surface area contributed by atoms with Crippen LogP contribution in [0.2, 0.25) is 5.02 Å². The number of carbonyl (C=O) groups excluding carboxylic acids is 1. The second-order valence-corrected chi connectivity index (χ2v) is 8.14. The van der Waals surface area contributed by atoms with Crippen molar-refractivity contribution < 1.29 is 4.79 Å². The minimum absolute atomic E-state index is 0.106. The number of hydrogen-bond donors (Lipinski definition) is 0. The summed E-state index contributed by atoms with van der Waals surface area (Å²) in [5.74, 6) is 1.89. The van der Waals surface area contributed by atoms with Crippen LogP contribution in [-0.4, -0.2) is 33.2 Å². The van der Waals surface area contributed by atoms with Gasteiger partial charge in [-0.2, -0.15) is 11.8 Å². The summed E-state index contributed by atoms with van der Waals surface area (Å²) >= 11 is 7.89. The molecule has 2 aromatic carbocycles. The highest BCUT2D eigenvalue weighted by molar-refractivity contribution is 7.97. The highest BCUT2D eigenvalue weighted by atomic mass is 35.5. The normalized spacial score (nSPS) is 17.0. The van der Waals surface area contributed by atoms with E-state index < -0.39 is 0 Å². The fourth-order valence-corrected chi connectivity index (χ4v) is 4.57. The Morgan fingerprint density at radius 1 is 1.26 bits per heavy atom. The van der Waals surface area contributed by atoms with E-state index in [1.165, 1.54) is 0 Å². The van der Waals surface area contributed by atoms with Crippen LogP contribution in [0.1, 0.15) is 30.3 Å². The van der Waals surface area contributed by atoms with Gasteiger partial charge < -0.3 is 9.47 Å². The maximum atomic E-state index is 13.2. The molecule has 0 bridgehead atoms. The molecule has 0 N–H and O–H groups in total. The fourth-order valence-electron chi connectivity index (χ4n) is 3.89. The van der Waals surface area contributed by atoms with Gasteiger partial charge in [-0.25, -0.2) is 4.98 Å². The molecule has 0 radical (unpaired) electrons. The number of thioether (sulfide) groups is 1. The number of rotatable bonds is 5. The molecular weight excluding hydrogens is 378 g/mol. The smallest absolute Gasteiger partial charge is 0.243 e. The van der Waals surface area contributed by atoms with E-state index >= 15 is 0 Å². The van der Waals surface area contributed by atoms with E-state index in [2.05, 4.69) is 16.9 Å². The van der Waals surface area contributed by atoms with Crippen molar-refractivity contribution in [2.24, 2.45) is 0 Å². The maximum Gasteiger partial charge on any atom is 0.243 e. The van der Waals surface area contributed by atoms with Crippen LogP contribution < -0.4 is 0 Å². The Kier molecular flexibility index (Phi) is 5.41. The molecule has 0 aliphatic carbocycles. The highest BCUT2D eigenvalue weighted by Gasteiger charge is 2.30. The first-order valence-electron chi connectivity index (χ1n) is 9.15. The van der Waals surface area contributed by atoms with E-state index in [1.54, 1.807) is 11.8 Å². The van der Waals surface area contributed by atoms with Gasteiger partial charge in [0.1, 0.15) is 12.4 Å². The average Bonchev–Trinajstić information content (AvgIpc) is 3.28. The molecule has 1 amide bonds. The van der Waals surface area contributed by atoms with Gasteiger partial charge in [0.25, 0.3) is 0 Å². The Labute approximate surface area is 168 Å². The summed E-state index contributed by atoms with van der Waals surface area (Å²) in [6.45, 7) is 1.12. The van der Waals surface area contributed by atoms with Crippen LogP contribution in [0, 0.1) is 0 Å². The Morgan fingerprint density at radius 2 is 2.11 bits per heavy atom. The molecule has 2 heterocycles. The van der Waals surface area contributed by atoms with E-state index in [0.717, 1.165) is 52.6 Å². The molecule has 0 spiro atoms. The van der Waals surface area contributed by atoms with Gasteiger partial charge in [0.15, 0.2) is 0 Å². The third-order valence-corrected chi connectivity index (χ3v) is 5.89. The summed E-state index contributed by atoms with van der Waals surface area (Å²) in [4.78, 5) is 19.9. The summed E-state index contributed by atoms with van der Waals surface area (Å²) in [5, 5.41) is 0.717. The molecule has 1 atom stereocenters. The number of hydrogen-bond acceptors (Lipinski definition) is 3. The number of nitrogens with zero attached hydrogens (tertiary/aromatic N) is 3. The van der Waals surface area contributed by atoms with Crippen LogP contribution in [-0.2, 0) is 17.1 Å². The fraction of sp³-hybridized carbons (Fsp3) is 0.333. The lowest BCUT2D eigenvalue weighted by Gasteiger charge is -2.26. The molecule has 0 saturated carbocycles. The summed E-state index contributed by atoms with van der Waals surface area (Å²) in [5.41, 5.74) is 3.09. The number of likely N-dealkylation sites (tertiary alicyclic amines) is 1. The van der Waals surface area contributed by atoms with Gasteiger partial charge >= 0.3 is 0 Å². The largest absolute Gasteiger partial charge is 0.334 e. The van der Waals surface area contributed by atoms with Crippen molar-refractivity contribution in [3.8, 4) is 0 Å². The number of imidazole rings is 1. The van der Waals surface area contributed by atoms with E-state index in [4.69, 9.17) is 16.6 Å². The van der Waals surface area contributed by atoms with Crippen molar-refractivity contribution in [1.82, 2.24) is 14.5 Å². The first-order valence-corrected chi connectivity index (χ1v) is 10.9. The molecule has 6 heteroatoms. The van der Waals surface area contributed by atoms with Crippen molar-refractivity contribution in [3.05, 3.63) is 64.9 Å². The molecule has 1 fully saturated rings. The monoisotopic (exact) mass is 399 g/mol. The number of amides is 1. The number of para-hydroxylation sites is 2. The molecule has 1 aliphatic heterocycles. The van der Waals surface area contributed by atoms with Crippen molar-refractivity contribution in [3.63, 3.8) is 0 Å². The quantitative estimate of drug-likeness (QED) is 0.611. The van der Waals surface area contributed by atoms with E-state index in [0.29, 0.717) is 6.54 Å². The van der Waals surface area contributed by atoms with Gasteiger partial charge in [0.2, 0.25) is 5.91 Å². The van der Waals surface area contributed by atoms with Crippen molar-refractivity contribution in [2.75, 3.05) is 12.8 Å². The Morgan fingerprint density at radius 3 is 2.93 bits per heavy atom. The molecule has 4 rings (SSSR count). The Balaban J connectivity index is 1.62. The zero-order chi connectivity index (χ0) is 18.8. The number of carbonyl (C=O) groups is 1. The lowest BCUT2D eigenvalue weighted by atomic mass is 10.0. The van der Waals surface area contributed by atoms with E-state index in [-0.39, 0.29) is 11.9 Å². The summed E-state index contributed by atoms with van der Waals surface area (Å²) in [7, 11) is 0. The SMILES string of the molecule is CSCc1nc2ccccc2n1CC(=O)N1CCCC1c1cccc(Cl)c1. The van der Waals surface area contributed by atoms with Crippen LogP contribution in [0.4, 0.5) is 0 Å². The second kappa shape index (κ2) is 7.95. The number of halogens is 1. The minimum Gasteiger partial charge on any atom is -0.334 e. The van der Waals surface area contributed by atoms with Crippen LogP contribution >= 0.6 is 23.4 Å². The zero-order valence-electron chi connectivity index (χ0n) is 15.3. The highest BCUT2D eigenvalue weighted by Crippen LogP contribution is 2.33.